The molecule has 0 bridgehead atoms. The van der Waals surface area contributed by atoms with Crippen LogP contribution < -0.4 is 11.5 Å². The van der Waals surface area contributed by atoms with Gasteiger partial charge in [-0.15, -0.1) is 0 Å². The molecule has 1 aromatic heterocycles. The Balaban J connectivity index is 2.96. The summed E-state index contributed by atoms with van der Waals surface area (Å²) in [6, 6.07) is 1.23. The molecule has 0 aliphatic carbocycles. The minimum absolute atomic E-state index is 0.0428. The quantitative estimate of drug-likeness (QED) is 0.535. The van der Waals surface area contributed by atoms with E-state index in [-0.39, 0.29) is 18.1 Å². The van der Waals surface area contributed by atoms with Gasteiger partial charge >= 0.3 is 5.97 Å². The van der Waals surface area contributed by atoms with Gasteiger partial charge in [-0.3, -0.25) is 9.59 Å². The number of nitrogen functional groups attached to an aromatic ring is 1. The molecule has 7 heteroatoms. The van der Waals surface area contributed by atoms with Gasteiger partial charge in [0.25, 0.3) is 5.91 Å². The van der Waals surface area contributed by atoms with Gasteiger partial charge < -0.3 is 16.6 Å². The molecule has 5 N–H and O–H groups in total. The number of carbonyl (C=O) groups excluding carboxylic acids is 1. The van der Waals surface area contributed by atoms with E-state index in [2.05, 4.69) is 5.10 Å². The van der Waals surface area contributed by atoms with Gasteiger partial charge in [0.2, 0.25) is 0 Å². The normalized spacial score (nSPS) is 9.85. The van der Waals surface area contributed by atoms with Crippen LogP contribution in [0.3, 0.4) is 0 Å². The lowest BCUT2D eigenvalue weighted by molar-refractivity contribution is -0.137. The van der Waals surface area contributed by atoms with Crippen LogP contribution in [0.1, 0.15) is 10.5 Å². The number of nitrogens with zero attached hydrogens (tertiary/aromatic N) is 2. The highest BCUT2D eigenvalue weighted by Gasteiger charge is 2.10. The largest absolute Gasteiger partial charge is 0.480 e. The van der Waals surface area contributed by atoms with Gasteiger partial charge in [-0.2, -0.15) is 5.10 Å². The molecule has 1 rings (SSSR count). The minimum atomic E-state index is -1.09. The zero-order valence-corrected chi connectivity index (χ0v) is 6.60. The van der Waals surface area contributed by atoms with Crippen LogP contribution in [0.2, 0.25) is 0 Å². The van der Waals surface area contributed by atoms with E-state index in [0.29, 0.717) is 0 Å². The number of amides is 1. The number of nitrogens with two attached hydrogens (primary N) is 2. The van der Waals surface area contributed by atoms with Gasteiger partial charge in [0.15, 0.2) is 5.69 Å². The maximum atomic E-state index is 10.6. The molecule has 0 spiro atoms. The van der Waals surface area contributed by atoms with Crippen molar-refractivity contribution in [2.75, 3.05) is 5.73 Å². The molecule has 0 unspecified atom stereocenters. The molecule has 13 heavy (non-hydrogen) atoms. The average Bonchev–Trinajstić information content (AvgIpc) is 2.31. The highest BCUT2D eigenvalue weighted by atomic mass is 16.4. The van der Waals surface area contributed by atoms with Crippen LogP contribution in [0, 0.1) is 0 Å². The Labute approximate surface area is 72.9 Å². The SMILES string of the molecule is NC(=O)c1cc(N)n(CC(=O)O)n1. The summed E-state index contributed by atoms with van der Waals surface area (Å²) in [5.41, 5.74) is 10.2. The molecule has 1 heterocycles. The maximum Gasteiger partial charge on any atom is 0.325 e. The number of hydrogen-bond acceptors (Lipinski definition) is 4. The zero-order valence-electron chi connectivity index (χ0n) is 6.60. The second kappa shape index (κ2) is 3.13. The third-order valence-corrected chi connectivity index (χ3v) is 1.35. The van der Waals surface area contributed by atoms with Gasteiger partial charge in [-0.25, -0.2) is 4.68 Å². The number of aromatic nitrogens is 2. The fourth-order valence-electron chi connectivity index (χ4n) is 0.806. The molecule has 0 radical (unpaired) electrons. The number of carboxylic acid groups (broad SMARTS) is 1. The number of hydrogen-bond donors (Lipinski definition) is 3. The van der Waals surface area contributed by atoms with Gasteiger partial charge in [0, 0.05) is 6.07 Å². The number of anilines is 1. The van der Waals surface area contributed by atoms with Crippen molar-refractivity contribution in [1.29, 1.82) is 0 Å². The molecule has 7 nitrogen and oxygen atoms in total. The Hall–Kier alpha value is -2.05. The van der Waals surface area contributed by atoms with Gasteiger partial charge in [-0.05, 0) is 0 Å². The summed E-state index contributed by atoms with van der Waals surface area (Å²) in [6.07, 6.45) is 0. The fourth-order valence-corrected chi connectivity index (χ4v) is 0.806. The van der Waals surface area contributed by atoms with E-state index in [1.54, 1.807) is 0 Å². The van der Waals surface area contributed by atoms with Crippen molar-refractivity contribution in [3.05, 3.63) is 11.8 Å². The summed E-state index contributed by atoms with van der Waals surface area (Å²) in [6.45, 7) is -0.390. The Morgan fingerprint density at radius 1 is 1.62 bits per heavy atom. The Kier molecular flexibility index (Phi) is 2.18. The smallest absolute Gasteiger partial charge is 0.325 e. The number of rotatable bonds is 3. The number of carboxylic acids is 1. The summed E-state index contributed by atoms with van der Waals surface area (Å²) in [5, 5.41) is 12.0. The van der Waals surface area contributed by atoms with Crippen LogP contribution in [0.5, 0.6) is 0 Å². The van der Waals surface area contributed by atoms with Crippen molar-refractivity contribution >= 4 is 17.7 Å². The van der Waals surface area contributed by atoms with Crippen molar-refractivity contribution in [1.82, 2.24) is 9.78 Å². The average molecular weight is 184 g/mol. The fraction of sp³-hybridized carbons (Fsp3) is 0.167. The molecule has 1 amide bonds. The second-order valence-electron chi connectivity index (χ2n) is 2.37. The molecule has 70 valence electrons. The first kappa shape index (κ1) is 9.04. The highest BCUT2D eigenvalue weighted by Crippen LogP contribution is 2.05. The van der Waals surface area contributed by atoms with Crippen molar-refractivity contribution < 1.29 is 14.7 Å². The van der Waals surface area contributed by atoms with E-state index in [1.807, 2.05) is 0 Å². The topological polar surface area (TPSA) is 124 Å². The zero-order chi connectivity index (χ0) is 10.0. The van der Waals surface area contributed by atoms with Crippen LogP contribution >= 0.6 is 0 Å². The highest BCUT2D eigenvalue weighted by molar-refractivity contribution is 5.91. The maximum absolute atomic E-state index is 10.6. The first-order valence-electron chi connectivity index (χ1n) is 3.35. The molecule has 0 saturated carbocycles. The molecule has 0 aromatic carbocycles. The van der Waals surface area contributed by atoms with Gasteiger partial charge in [-0.1, -0.05) is 0 Å². The van der Waals surface area contributed by atoms with Crippen LogP contribution in [0.15, 0.2) is 6.07 Å². The van der Waals surface area contributed by atoms with Crippen LogP contribution in [0.4, 0.5) is 5.82 Å². The lowest BCUT2D eigenvalue weighted by atomic mass is 10.4. The second-order valence-corrected chi connectivity index (χ2v) is 2.37. The standard InChI is InChI=1S/C6H8N4O3/c7-4-1-3(6(8)13)9-10(4)2-5(11)12/h1H,2,7H2,(H2,8,13)(H,11,12). The van der Waals surface area contributed by atoms with Crippen LogP contribution in [-0.4, -0.2) is 26.8 Å². The third-order valence-electron chi connectivity index (χ3n) is 1.35. The van der Waals surface area contributed by atoms with Crippen molar-refractivity contribution in [3.8, 4) is 0 Å². The minimum Gasteiger partial charge on any atom is -0.480 e. The molecule has 1 aromatic rings. The first-order valence-corrected chi connectivity index (χ1v) is 3.35. The van der Waals surface area contributed by atoms with E-state index in [0.717, 1.165) is 4.68 Å². The molecule has 0 saturated heterocycles. The molecular weight excluding hydrogens is 176 g/mol. The van der Waals surface area contributed by atoms with Crippen molar-refractivity contribution in [2.24, 2.45) is 5.73 Å². The Morgan fingerprint density at radius 3 is 2.62 bits per heavy atom. The summed E-state index contributed by atoms with van der Waals surface area (Å²) in [5.74, 6) is -1.74. The number of aliphatic carboxylic acids is 1. The van der Waals surface area contributed by atoms with E-state index in [4.69, 9.17) is 16.6 Å². The predicted octanol–water partition coefficient (Wildman–Crippen LogP) is -1.35. The number of primary amides is 1. The van der Waals surface area contributed by atoms with E-state index >= 15 is 0 Å². The number of carbonyl (C=O) groups is 2. The van der Waals surface area contributed by atoms with Crippen molar-refractivity contribution in [3.63, 3.8) is 0 Å². The van der Waals surface area contributed by atoms with Gasteiger partial charge in [0.1, 0.15) is 12.4 Å². The summed E-state index contributed by atoms with van der Waals surface area (Å²) >= 11 is 0. The molecule has 0 aliphatic heterocycles. The van der Waals surface area contributed by atoms with E-state index < -0.39 is 11.9 Å². The van der Waals surface area contributed by atoms with Gasteiger partial charge in [0.05, 0.1) is 0 Å². The summed E-state index contributed by atoms with van der Waals surface area (Å²) in [4.78, 5) is 20.9. The van der Waals surface area contributed by atoms with E-state index in [1.165, 1.54) is 6.07 Å². The lowest BCUT2D eigenvalue weighted by Crippen LogP contribution is -2.15. The predicted molar refractivity (Wildman–Crippen MR) is 42.8 cm³/mol. The lowest BCUT2D eigenvalue weighted by Gasteiger charge is -1.97. The monoisotopic (exact) mass is 184 g/mol. The Morgan fingerprint density at radius 2 is 2.23 bits per heavy atom. The summed E-state index contributed by atoms with van der Waals surface area (Å²) in [7, 11) is 0. The van der Waals surface area contributed by atoms with Crippen molar-refractivity contribution in [2.45, 2.75) is 6.54 Å². The first-order chi connectivity index (χ1) is 6.00. The molecule has 0 fully saturated rings. The summed E-state index contributed by atoms with van der Waals surface area (Å²) < 4.78 is 0.989. The Bertz CT molecular complexity index is 357. The van der Waals surface area contributed by atoms with E-state index in [9.17, 15) is 9.59 Å². The third kappa shape index (κ3) is 1.95. The molecule has 0 atom stereocenters. The van der Waals surface area contributed by atoms with Crippen LogP contribution in [0.25, 0.3) is 0 Å². The molecule has 0 aliphatic rings. The van der Waals surface area contributed by atoms with Crippen LogP contribution in [-0.2, 0) is 11.3 Å². The molecular formula is C6H8N4O3.